The standard InChI is InChI=1S/C11H22N2O2/c1-2-9(7-12)6-11(15)13-5-3-4-10(13)8-14/h9-10,14H,2-8,12H2,1H3. The number of nitrogens with two attached hydrogens (primary N) is 1. The summed E-state index contributed by atoms with van der Waals surface area (Å²) in [7, 11) is 0. The molecule has 2 unspecified atom stereocenters. The number of likely N-dealkylation sites (tertiary alicyclic amines) is 1. The van der Waals surface area contributed by atoms with E-state index in [1.807, 2.05) is 4.90 Å². The van der Waals surface area contributed by atoms with Gasteiger partial charge in [0.25, 0.3) is 0 Å². The fourth-order valence-corrected chi connectivity index (χ4v) is 2.11. The molecule has 0 radical (unpaired) electrons. The molecule has 1 heterocycles. The number of hydrogen-bond donors (Lipinski definition) is 2. The Morgan fingerprint density at radius 1 is 1.67 bits per heavy atom. The third-order valence-electron chi connectivity index (χ3n) is 3.28. The molecular formula is C11H22N2O2. The average molecular weight is 214 g/mol. The zero-order chi connectivity index (χ0) is 11.3. The summed E-state index contributed by atoms with van der Waals surface area (Å²) < 4.78 is 0. The molecule has 2 atom stereocenters. The summed E-state index contributed by atoms with van der Waals surface area (Å²) in [4.78, 5) is 13.7. The summed E-state index contributed by atoms with van der Waals surface area (Å²) in [6.45, 7) is 3.51. The van der Waals surface area contributed by atoms with E-state index < -0.39 is 0 Å². The van der Waals surface area contributed by atoms with E-state index in [1.165, 1.54) is 0 Å². The summed E-state index contributed by atoms with van der Waals surface area (Å²) in [5.74, 6) is 0.446. The van der Waals surface area contributed by atoms with Gasteiger partial charge in [-0.1, -0.05) is 13.3 Å². The van der Waals surface area contributed by atoms with E-state index in [9.17, 15) is 4.79 Å². The predicted molar refractivity (Wildman–Crippen MR) is 59.3 cm³/mol. The Labute approximate surface area is 91.4 Å². The van der Waals surface area contributed by atoms with Crippen LogP contribution in [-0.2, 0) is 4.79 Å². The van der Waals surface area contributed by atoms with Gasteiger partial charge in [0.1, 0.15) is 0 Å². The lowest BCUT2D eigenvalue weighted by molar-refractivity contribution is -0.133. The molecule has 1 rings (SSSR count). The molecule has 4 nitrogen and oxygen atoms in total. The number of amides is 1. The van der Waals surface area contributed by atoms with E-state index in [4.69, 9.17) is 10.8 Å². The van der Waals surface area contributed by atoms with Gasteiger partial charge < -0.3 is 15.7 Å². The van der Waals surface area contributed by atoms with Gasteiger partial charge in [0.15, 0.2) is 0 Å². The van der Waals surface area contributed by atoms with Gasteiger partial charge in [-0.3, -0.25) is 4.79 Å². The zero-order valence-corrected chi connectivity index (χ0v) is 9.48. The van der Waals surface area contributed by atoms with Crippen LogP contribution in [-0.4, -0.2) is 41.7 Å². The number of carbonyl (C=O) groups is 1. The van der Waals surface area contributed by atoms with E-state index in [2.05, 4.69) is 6.92 Å². The third kappa shape index (κ3) is 3.18. The summed E-state index contributed by atoms with van der Waals surface area (Å²) >= 11 is 0. The molecule has 1 aliphatic rings. The quantitative estimate of drug-likeness (QED) is 0.693. The first-order valence-electron chi connectivity index (χ1n) is 5.83. The van der Waals surface area contributed by atoms with Crippen molar-refractivity contribution in [3.63, 3.8) is 0 Å². The molecule has 1 fully saturated rings. The van der Waals surface area contributed by atoms with Crippen LogP contribution in [0.15, 0.2) is 0 Å². The van der Waals surface area contributed by atoms with Crippen molar-refractivity contribution in [2.75, 3.05) is 19.7 Å². The second kappa shape index (κ2) is 6.08. The molecule has 0 aliphatic carbocycles. The van der Waals surface area contributed by atoms with Gasteiger partial charge in [0.05, 0.1) is 12.6 Å². The molecule has 15 heavy (non-hydrogen) atoms. The highest BCUT2D eigenvalue weighted by atomic mass is 16.3. The summed E-state index contributed by atoms with van der Waals surface area (Å²) in [5.41, 5.74) is 5.58. The van der Waals surface area contributed by atoms with Gasteiger partial charge in [0, 0.05) is 13.0 Å². The van der Waals surface area contributed by atoms with Crippen LogP contribution in [0.4, 0.5) is 0 Å². The second-order valence-electron chi connectivity index (χ2n) is 4.28. The van der Waals surface area contributed by atoms with Crippen molar-refractivity contribution in [2.45, 2.75) is 38.6 Å². The second-order valence-corrected chi connectivity index (χ2v) is 4.28. The van der Waals surface area contributed by atoms with Crippen LogP contribution >= 0.6 is 0 Å². The Morgan fingerprint density at radius 3 is 2.93 bits per heavy atom. The van der Waals surface area contributed by atoms with E-state index >= 15 is 0 Å². The highest BCUT2D eigenvalue weighted by molar-refractivity contribution is 5.77. The SMILES string of the molecule is CCC(CN)CC(=O)N1CCCC1CO. The molecule has 1 saturated heterocycles. The van der Waals surface area contributed by atoms with Crippen LogP contribution in [0, 0.1) is 5.92 Å². The van der Waals surface area contributed by atoms with Crippen LogP contribution < -0.4 is 5.73 Å². The van der Waals surface area contributed by atoms with E-state index in [-0.39, 0.29) is 24.5 Å². The Morgan fingerprint density at radius 2 is 2.40 bits per heavy atom. The maximum Gasteiger partial charge on any atom is 0.223 e. The van der Waals surface area contributed by atoms with Gasteiger partial charge in [-0.25, -0.2) is 0 Å². The molecule has 0 aromatic carbocycles. The van der Waals surface area contributed by atoms with Gasteiger partial charge >= 0.3 is 0 Å². The number of hydrogen-bond acceptors (Lipinski definition) is 3. The van der Waals surface area contributed by atoms with Crippen molar-refractivity contribution in [2.24, 2.45) is 11.7 Å². The van der Waals surface area contributed by atoms with Crippen LogP contribution in [0.1, 0.15) is 32.6 Å². The van der Waals surface area contributed by atoms with Crippen molar-refractivity contribution in [1.29, 1.82) is 0 Å². The topological polar surface area (TPSA) is 66.6 Å². The Kier molecular flexibility index (Phi) is 5.05. The maximum atomic E-state index is 11.9. The smallest absolute Gasteiger partial charge is 0.223 e. The van der Waals surface area contributed by atoms with Crippen molar-refractivity contribution >= 4 is 5.91 Å². The van der Waals surface area contributed by atoms with E-state index in [0.717, 1.165) is 25.8 Å². The van der Waals surface area contributed by atoms with Crippen molar-refractivity contribution in [1.82, 2.24) is 4.90 Å². The zero-order valence-electron chi connectivity index (χ0n) is 9.48. The van der Waals surface area contributed by atoms with E-state index in [0.29, 0.717) is 13.0 Å². The number of carbonyl (C=O) groups excluding carboxylic acids is 1. The van der Waals surface area contributed by atoms with Crippen LogP contribution in [0.2, 0.25) is 0 Å². The van der Waals surface area contributed by atoms with Gasteiger partial charge in [-0.05, 0) is 25.3 Å². The molecule has 4 heteroatoms. The normalized spacial score (nSPS) is 23.1. The summed E-state index contributed by atoms with van der Waals surface area (Å²) in [6.07, 6.45) is 3.42. The Hall–Kier alpha value is -0.610. The largest absolute Gasteiger partial charge is 0.394 e. The lowest BCUT2D eigenvalue weighted by atomic mass is 10.0. The lowest BCUT2D eigenvalue weighted by Crippen LogP contribution is -2.39. The Balaban J connectivity index is 2.45. The third-order valence-corrected chi connectivity index (χ3v) is 3.28. The first-order chi connectivity index (χ1) is 7.22. The highest BCUT2D eigenvalue weighted by Gasteiger charge is 2.28. The first-order valence-corrected chi connectivity index (χ1v) is 5.83. The average Bonchev–Trinajstić information content (AvgIpc) is 2.73. The molecule has 3 N–H and O–H groups in total. The molecule has 1 aliphatic heterocycles. The molecule has 0 saturated carbocycles. The van der Waals surface area contributed by atoms with Crippen LogP contribution in [0.3, 0.4) is 0 Å². The minimum absolute atomic E-state index is 0.0489. The molecule has 0 aromatic heterocycles. The number of nitrogens with zero attached hydrogens (tertiary/aromatic N) is 1. The number of rotatable bonds is 5. The molecule has 1 amide bonds. The number of aliphatic hydroxyl groups excluding tert-OH is 1. The fourth-order valence-electron chi connectivity index (χ4n) is 2.11. The minimum Gasteiger partial charge on any atom is -0.394 e. The molecule has 0 aromatic rings. The van der Waals surface area contributed by atoms with Gasteiger partial charge in [-0.15, -0.1) is 0 Å². The molecule has 0 bridgehead atoms. The predicted octanol–water partition coefficient (Wildman–Crippen LogP) is 0.345. The molecule has 88 valence electrons. The van der Waals surface area contributed by atoms with E-state index in [1.54, 1.807) is 0 Å². The van der Waals surface area contributed by atoms with Gasteiger partial charge in [-0.2, -0.15) is 0 Å². The minimum atomic E-state index is 0.0489. The van der Waals surface area contributed by atoms with Crippen LogP contribution in [0.5, 0.6) is 0 Å². The highest BCUT2D eigenvalue weighted by Crippen LogP contribution is 2.19. The molecule has 0 spiro atoms. The number of aliphatic hydroxyl groups is 1. The lowest BCUT2D eigenvalue weighted by Gasteiger charge is -2.24. The summed E-state index contributed by atoms with van der Waals surface area (Å²) in [5, 5.41) is 9.12. The van der Waals surface area contributed by atoms with Crippen molar-refractivity contribution < 1.29 is 9.90 Å². The van der Waals surface area contributed by atoms with Crippen molar-refractivity contribution in [3.05, 3.63) is 0 Å². The summed E-state index contributed by atoms with van der Waals surface area (Å²) in [6, 6.07) is 0.0489. The maximum absolute atomic E-state index is 11.9. The fraction of sp³-hybridized carbons (Fsp3) is 0.909. The van der Waals surface area contributed by atoms with Crippen molar-refractivity contribution in [3.8, 4) is 0 Å². The monoisotopic (exact) mass is 214 g/mol. The van der Waals surface area contributed by atoms with Crippen LogP contribution in [0.25, 0.3) is 0 Å². The van der Waals surface area contributed by atoms with Gasteiger partial charge in [0.2, 0.25) is 5.91 Å². The molecular weight excluding hydrogens is 192 g/mol. The first kappa shape index (κ1) is 12.5. The Bertz CT molecular complexity index is 205.